The van der Waals surface area contributed by atoms with Crippen LogP contribution >= 0.6 is 0 Å². The van der Waals surface area contributed by atoms with E-state index in [9.17, 15) is 10.2 Å². The van der Waals surface area contributed by atoms with Gasteiger partial charge in [-0.1, -0.05) is 72.8 Å². The average molecular weight is 763 g/mol. The Morgan fingerprint density at radius 1 is 0.526 bits per heavy atom. The van der Waals surface area contributed by atoms with Crippen LogP contribution in [0.1, 0.15) is 38.5 Å². The Morgan fingerprint density at radius 3 is 1.58 bits per heavy atom. The Bertz CT molecular complexity index is 2280. The van der Waals surface area contributed by atoms with E-state index >= 15 is 0 Å². The third kappa shape index (κ3) is 8.65. The molecule has 0 bridgehead atoms. The second-order valence-electron chi connectivity index (χ2n) is 16.3. The second-order valence-corrected chi connectivity index (χ2v) is 16.3. The predicted octanol–water partition coefficient (Wildman–Crippen LogP) is 6.91. The predicted molar refractivity (Wildman–Crippen MR) is 229 cm³/mol. The van der Waals surface area contributed by atoms with Gasteiger partial charge in [0.2, 0.25) is 11.9 Å². The SMILES string of the molecule is OC1CCCN([C@@H]2CCN(c3nccc(-c4ccc5ccccc5c4)n3)C2)C1.OCC1CCN([C@@H]2CCN(c3nccc(-c4ccc5ccccc5c4)n3)C2)CC1. The maximum absolute atomic E-state index is 9.98. The molecule has 4 fully saturated rings. The molecule has 6 heterocycles. The van der Waals surface area contributed by atoms with Crippen LogP contribution in [0.25, 0.3) is 44.1 Å². The van der Waals surface area contributed by atoms with Crippen LogP contribution in [-0.2, 0) is 0 Å². The monoisotopic (exact) mass is 762 g/mol. The largest absolute Gasteiger partial charge is 0.396 e. The summed E-state index contributed by atoms with van der Waals surface area (Å²) in [5.74, 6) is 2.14. The van der Waals surface area contributed by atoms with Gasteiger partial charge in [0.05, 0.1) is 17.5 Å². The summed E-state index contributed by atoms with van der Waals surface area (Å²) in [6.45, 7) is 8.33. The van der Waals surface area contributed by atoms with E-state index in [-0.39, 0.29) is 6.10 Å². The Hall–Kier alpha value is -5.00. The number of hydrogen-bond donors (Lipinski definition) is 2. The number of β-amino-alcohol motifs (C(OH)–C–C–N with tert-alkyl or cyclic N) is 1. The zero-order valence-electron chi connectivity index (χ0n) is 32.8. The van der Waals surface area contributed by atoms with Gasteiger partial charge < -0.3 is 20.0 Å². The summed E-state index contributed by atoms with van der Waals surface area (Å²) in [4.78, 5) is 28.6. The molecule has 1 unspecified atom stereocenters. The lowest BCUT2D eigenvalue weighted by Gasteiger charge is -2.35. The van der Waals surface area contributed by atoms with Gasteiger partial charge in [0.15, 0.2) is 0 Å². The number of anilines is 2. The van der Waals surface area contributed by atoms with Gasteiger partial charge in [0.1, 0.15) is 0 Å². The number of nitrogens with zero attached hydrogens (tertiary/aromatic N) is 8. The van der Waals surface area contributed by atoms with Crippen molar-refractivity contribution in [2.45, 2.75) is 56.7 Å². The van der Waals surface area contributed by atoms with Crippen LogP contribution in [0.4, 0.5) is 11.9 Å². The molecule has 0 spiro atoms. The van der Waals surface area contributed by atoms with Crippen molar-refractivity contribution in [2.24, 2.45) is 5.92 Å². The van der Waals surface area contributed by atoms with Crippen LogP contribution < -0.4 is 9.80 Å². The molecule has 0 saturated carbocycles. The summed E-state index contributed by atoms with van der Waals surface area (Å²) in [5, 5.41) is 24.3. The molecule has 294 valence electrons. The third-order valence-electron chi connectivity index (χ3n) is 12.6. The molecule has 0 aliphatic carbocycles. The molecule has 57 heavy (non-hydrogen) atoms. The van der Waals surface area contributed by atoms with Gasteiger partial charge in [-0.05, 0) is 110 Å². The van der Waals surface area contributed by atoms with Crippen molar-refractivity contribution in [2.75, 3.05) is 68.8 Å². The van der Waals surface area contributed by atoms with Crippen LogP contribution in [0.2, 0.25) is 0 Å². The molecule has 10 nitrogen and oxygen atoms in total. The molecular formula is C47H54N8O2. The van der Waals surface area contributed by atoms with Crippen LogP contribution in [-0.4, -0.2) is 117 Å². The number of aliphatic hydroxyl groups is 2. The van der Waals surface area contributed by atoms with Crippen LogP contribution in [0.15, 0.2) is 109 Å². The molecule has 10 heteroatoms. The highest BCUT2D eigenvalue weighted by Gasteiger charge is 2.33. The summed E-state index contributed by atoms with van der Waals surface area (Å²) >= 11 is 0. The Balaban J connectivity index is 0.000000148. The van der Waals surface area contributed by atoms with Gasteiger partial charge in [0.25, 0.3) is 0 Å². The summed E-state index contributed by atoms with van der Waals surface area (Å²) < 4.78 is 0. The van der Waals surface area contributed by atoms with Crippen molar-refractivity contribution in [3.8, 4) is 22.5 Å². The summed E-state index contributed by atoms with van der Waals surface area (Å²) in [6.07, 6.45) is 10.1. The fourth-order valence-electron chi connectivity index (χ4n) is 9.28. The van der Waals surface area contributed by atoms with Crippen molar-refractivity contribution >= 4 is 33.4 Å². The van der Waals surface area contributed by atoms with Gasteiger partial charge in [0, 0.05) is 74.9 Å². The maximum atomic E-state index is 9.98. The zero-order chi connectivity index (χ0) is 38.6. The van der Waals surface area contributed by atoms with Gasteiger partial charge in [-0.25, -0.2) is 19.9 Å². The lowest BCUT2D eigenvalue weighted by Crippen LogP contribution is -2.45. The Kier molecular flexibility index (Phi) is 11.4. The first-order chi connectivity index (χ1) is 28.1. The number of benzene rings is 4. The van der Waals surface area contributed by atoms with E-state index in [1.807, 2.05) is 24.5 Å². The fraction of sp³-hybridized carbons (Fsp3) is 0.404. The molecule has 0 amide bonds. The van der Waals surface area contributed by atoms with E-state index in [0.29, 0.717) is 24.6 Å². The molecule has 4 aromatic carbocycles. The molecule has 2 N–H and O–H groups in total. The van der Waals surface area contributed by atoms with Gasteiger partial charge in [-0.3, -0.25) is 9.80 Å². The number of aromatic nitrogens is 4. The van der Waals surface area contributed by atoms with Crippen LogP contribution in [0, 0.1) is 5.92 Å². The van der Waals surface area contributed by atoms with Gasteiger partial charge in [-0.15, -0.1) is 0 Å². The van der Waals surface area contributed by atoms with E-state index in [2.05, 4.69) is 114 Å². The molecule has 0 radical (unpaired) electrons. The summed E-state index contributed by atoms with van der Waals surface area (Å²) in [6, 6.07) is 34.9. The first kappa shape index (κ1) is 37.6. The molecule has 4 aliphatic rings. The molecule has 4 aliphatic heterocycles. The standard InChI is InChI=1S/C24H28N4O.C23H26N4O/c29-17-18-8-12-27(13-9-18)22-10-14-28(16-22)24-25-11-7-23(26-24)21-6-5-19-3-1-2-4-20(19)15-21;28-21-6-3-12-26(16-21)20-10-13-27(15-20)23-24-11-9-22(25-23)19-8-7-17-4-1-2-5-18(17)14-19/h1-7,11,15,18,22,29H,8-10,12-14,16-17H2;1-2,4-5,7-9,11,14,20-21,28H,3,6,10,12-13,15-16H2/t22-;20-,21?/m11/s1. The number of likely N-dealkylation sites (tertiary alicyclic amines) is 2. The number of fused-ring (bicyclic) bond motifs is 2. The highest BCUT2D eigenvalue weighted by molar-refractivity contribution is 5.87. The average Bonchev–Trinajstić information content (AvgIpc) is 3.99. The van der Waals surface area contributed by atoms with E-state index in [1.165, 1.54) is 21.5 Å². The quantitative estimate of drug-likeness (QED) is 0.178. The van der Waals surface area contributed by atoms with Crippen molar-refractivity contribution in [3.63, 3.8) is 0 Å². The van der Waals surface area contributed by atoms with Crippen molar-refractivity contribution in [1.29, 1.82) is 0 Å². The zero-order valence-corrected chi connectivity index (χ0v) is 32.8. The topological polar surface area (TPSA) is 105 Å². The molecule has 3 atom stereocenters. The van der Waals surface area contributed by atoms with E-state index < -0.39 is 0 Å². The van der Waals surface area contributed by atoms with Crippen molar-refractivity contribution in [1.82, 2.24) is 29.7 Å². The van der Waals surface area contributed by atoms with Gasteiger partial charge in [-0.2, -0.15) is 0 Å². The van der Waals surface area contributed by atoms with Crippen molar-refractivity contribution in [3.05, 3.63) is 109 Å². The minimum Gasteiger partial charge on any atom is -0.396 e. The molecule has 6 aromatic rings. The number of piperidine rings is 2. The number of rotatable bonds is 7. The smallest absolute Gasteiger partial charge is 0.225 e. The van der Waals surface area contributed by atoms with E-state index in [0.717, 1.165) is 125 Å². The molecule has 4 saturated heterocycles. The summed E-state index contributed by atoms with van der Waals surface area (Å²) in [5.41, 5.74) is 4.20. The Morgan fingerprint density at radius 2 is 1.05 bits per heavy atom. The van der Waals surface area contributed by atoms with E-state index in [4.69, 9.17) is 9.97 Å². The first-order valence-corrected chi connectivity index (χ1v) is 21.0. The minimum absolute atomic E-state index is 0.171. The summed E-state index contributed by atoms with van der Waals surface area (Å²) in [7, 11) is 0. The lowest BCUT2D eigenvalue weighted by atomic mass is 9.96. The first-order valence-electron chi connectivity index (χ1n) is 21.0. The third-order valence-corrected chi connectivity index (χ3v) is 12.6. The normalized spacial score (nSPS) is 22.2. The highest BCUT2D eigenvalue weighted by Crippen LogP contribution is 2.29. The molecule has 10 rings (SSSR count). The van der Waals surface area contributed by atoms with Crippen LogP contribution in [0.5, 0.6) is 0 Å². The van der Waals surface area contributed by atoms with Crippen molar-refractivity contribution < 1.29 is 10.2 Å². The highest BCUT2D eigenvalue weighted by atomic mass is 16.3. The Labute approximate surface area is 335 Å². The fourth-order valence-corrected chi connectivity index (χ4v) is 9.28. The van der Waals surface area contributed by atoms with Gasteiger partial charge >= 0.3 is 0 Å². The molecular weight excluding hydrogens is 709 g/mol. The van der Waals surface area contributed by atoms with Crippen LogP contribution in [0.3, 0.4) is 0 Å². The maximum Gasteiger partial charge on any atom is 0.225 e. The molecule has 2 aromatic heterocycles. The lowest BCUT2D eigenvalue weighted by molar-refractivity contribution is 0.0513. The number of hydrogen-bond acceptors (Lipinski definition) is 10. The van der Waals surface area contributed by atoms with E-state index in [1.54, 1.807) is 0 Å². The second kappa shape index (κ2) is 17.2. The number of aliphatic hydroxyl groups excluding tert-OH is 2. The minimum atomic E-state index is -0.171.